The Kier molecular flexibility index (Phi) is 3.89. The summed E-state index contributed by atoms with van der Waals surface area (Å²) in [5, 5.41) is 0. The van der Waals surface area contributed by atoms with Gasteiger partial charge in [0.1, 0.15) is 23.4 Å². The van der Waals surface area contributed by atoms with Gasteiger partial charge in [0.25, 0.3) is 0 Å². The lowest BCUT2D eigenvalue weighted by molar-refractivity contribution is -0.177. The number of rotatable bonds is 4. The molecule has 2 rings (SSSR count). The molecule has 0 radical (unpaired) electrons. The van der Waals surface area contributed by atoms with Crippen LogP contribution in [-0.4, -0.2) is 29.4 Å². The minimum atomic E-state index is -0.770. The Morgan fingerprint density at radius 1 is 1.30 bits per heavy atom. The van der Waals surface area contributed by atoms with Gasteiger partial charge in [0.2, 0.25) is 0 Å². The average molecular weight is 282 g/mol. The number of fused-ring (bicyclic) bond motifs is 2. The number of carbonyl (C=O) groups is 3. The second kappa shape index (κ2) is 5.19. The van der Waals surface area contributed by atoms with Crippen molar-refractivity contribution < 1.29 is 23.9 Å². The molecule has 1 aliphatic heterocycles. The van der Waals surface area contributed by atoms with Crippen LogP contribution >= 0.6 is 0 Å². The van der Waals surface area contributed by atoms with Crippen LogP contribution < -0.4 is 0 Å². The zero-order chi connectivity index (χ0) is 15.1. The Morgan fingerprint density at radius 3 is 2.55 bits per heavy atom. The van der Waals surface area contributed by atoms with Crippen molar-refractivity contribution in [2.24, 2.45) is 17.8 Å². The molecule has 0 aromatic heterocycles. The fraction of sp³-hybridized carbons (Fsp3) is 0.800. The average Bonchev–Trinajstić information content (AvgIpc) is 2.62. The molecule has 112 valence electrons. The lowest BCUT2D eigenvalue weighted by Gasteiger charge is -2.35. The fourth-order valence-corrected chi connectivity index (χ4v) is 3.04. The molecule has 1 heterocycles. The minimum absolute atomic E-state index is 0.0651. The maximum atomic E-state index is 12.1. The standard InChI is InChI=1S/C15H22O5/c1-8(2)12(16)9(3)13(17)19-11-6-5-10-7-15(11,4)20-14(10)18/h8-11H,5-7H2,1-4H3. The van der Waals surface area contributed by atoms with E-state index in [-0.39, 0.29) is 23.6 Å². The third-order valence-corrected chi connectivity index (χ3v) is 4.38. The molecule has 0 amide bonds. The molecule has 0 aromatic carbocycles. The number of Topliss-reactive ketones (excluding diaryl/α,β-unsaturated/α-hetero) is 1. The van der Waals surface area contributed by atoms with Crippen LogP contribution in [0.3, 0.4) is 0 Å². The van der Waals surface area contributed by atoms with Gasteiger partial charge < -0.3 is 9.47 Å². The molecular formula is C15H22O5. The van der Waals surface area contributed by atoms with E-state index < -0.39 is 23.6 Å². The summed E-state index contributed by atoms with van der Waals surface area (Å²) in [6.45, 7) is 6.89. The third-order valence-electron chi connectivity index (χ3n) is 4.38. The predicted molar refractivity (Wildman–Crippen MR) is 70.7 cm³/mol. The molecular weight excluding hydrogens is 260 g/mol. The number of carbonyl (C=O) groups excluding carboxylic acids is 3. The normalized spacial score (nSPS) is 33.8. The van der Waals surface area contributed by atoms with Crippen LogP contribution in [0, 0.1) is 17.8 Å². The monoisotopic (exact) mass is 282 g/mol. The van der Waals surface area contributed by atoms with E-state index in [2.05, 4.69) is 0 Å². The van der Waals surface area contributed by atoms with E-state index in [1.165, 1.54) is 0 Å². The summed E-state index contributed by atoms with van der Waals surface area (Å²) >= 11 is 0. The lowest BCUT2D eigenvalue weighted by atomic mass is 9.80. The smallest absolute Gasteiger partial charge is 0.316 e. The van der Waals surface area contributed by atoms with E-state index in [1.807, 2.05) is 0 Å². The van der Waals surface area contributed by atoms with Gasteiger partial charge in [-0.2, -0.15) is 0 Å². The van der Waals surface area contributed by atoms with Crippen LogP contribution in [0.4, 0.5) is 0 Å². The van der Waals surface area contributed by atoms with Crippen molar-refractivity contribution in [2.45, 2.75) is 58.7 Å². The van der Waals surface area contributed by atoms with Crippen molar-refractivity contribution in [1.29, 1.82) is 0 Å². The highest BCUT2D eigenvalue weighted by atomic mass is 16.6. The zero-order valence-corrected chi connectivity index (χ0v) is 12.5. The van der Waals surface area contributed by atoms with E-state index in [0.717, 1.165) is 0 Å². The molecule has 20 heavy (non-hydrogen) atoms. The van der Waals surface area contributed by atoms with Crippen molar-refractivity contribution in [3.05, 3.63) is 0 Å². The van der Waals surface area contributed by atoms with Gasteiger partial charge in [-0.3, -0.25) is 14.4 Å². The Bertz CT molecular complexity index is 442. The van der Waals surface area contributed by atoms with Crippen molar-refractivity contribution in [2.75, 3.05) is 0 Å². The number of ether oxygens (including phenoxy) is 2. The summed E-state index contributed by atoms with van der Waals surface area (Å²) in [6, 6.07) is 0. The molecule has 5 nitrogen and oxygen atoms in total. The fourth-order valence-electron chi connectivity index (χ4n) is 3.04. The van der Waals surface area contributed by atoms with Crippen LogP contribution in [0.15, 0.2) is 0 Å². The van der Waals surface area contributed by atoms with Crippen LogP contribution in [0.25, 0.3) is 0 Å². The first-order valence-corrected chi connectivity index (χ1v) is 7.21. The number of hydrogen-bond donors (Lipinski definition) is 0. The Hall–Kier alpha value is -1.39. The van der Waals surface area contributed by atoms with Gasteiger partial charge in [0.05, 0.1) is 5.92 Å². The van der Waals surface area contributed by atoms with Gasteiger partial charge in [-0.25, -0.2) is 0 Å². The summed E-state index contributed by atoms with van der Waals surface area (Å²) in [7, 11) is 0. The van der Waals surface area contributed by atoms with Gasteiger partial charge in [-0.1, -0.05) is 13.8 Å². The van der Waals surface area contributed by atoms with Gasteiger partial charge >= 0.3 is 11.9 Å². The van der Waals surface area contributed by atoms with Crippen molar-refractivity contribution >= 4 is 17.7 Å². The number of hydrogen-bond acceptors (Lipinski definition) is 5. The summed E-state index contributed by atoms with van der Waals surface area (Å²) in [6.07, 6.45) is 1.44. The minimum Gasteiger partial charge on any atom is -0.458 e. The van der Waals surface area contributed by atoms with Gasteiger partial charge in [0.15, 0.2) is 0 Å². The molecule has 0 spiro atoms. The Labute approximate surface area is 119 Å². The summed E-state index contributed by atoms with van der Waals surface area (Å²) < 4.78 is 10.8. The molecule has 1 aliphatic carbocycles. The highest BCUT2D eigenvalue weighted by molar-refractivity contribution is 5.99. The highest BCUT2D eigenvalue weighted by Crippen LogP contribution is 2.44. The molecule has 2 aliphatic rings. The molecule has 2 fully saturated rings. The second-order valence-electron chi connectivity index (χ2n) is 6.42. The highest BCUT2D eigenvalue weighted by Gasteiger charge is 2.54. The molecule has 0 aromatic rings. The lowest BCUT2D eigenvalue weighted by Crippen LogP contribution is -2.45. The second-order valence-corrected chi connectivity index (χ2v) is 6.42. The van der Waals surface area contributed by atoms with Crippen molar-refractivity contribution in [3.63, 3.8) is 0 Å². The number of ketones is 1. The SMILES string of the molecule is CC(C)C(=O)C(C)C(=O)OC1CCC2CC1(C)OC2=O. The van der Waals surface area contributed by atoms with Gasteiger partial charge in [-0.15, -0.1) is 0 Å². The summed E-state index contributed by atoms with van der Waals surface area (Å²) in [5.74, 6) is -1.88. The van der Waals surface area contributed by atoms with E-state index in [0.29, 0.717) is 19.3 Å². The third kappa shape index (κ3) is 2.58. The first-order chi connectivity index (χ1) is 9.24. The molecule has 4 atom stereocenters. The maximum absolute atomic E-state index is 12.1. The van der Waals surface area contributed by atoms with Crippen LogP contribution in [0.1, 0.15) is 47.0 Å². The molecule has 2 bridgehead atoms. The van der Waals surface area contributed by atoms with Gasteiger partial charge in [0, 0.05) is 12.3 Å². The molecule has 0 N–H and O–H groups in total. The van der Waals surface area contributed by atoms with Gasteiger partial charge in [-0.05, 0) is 26.7 Å². The first kappa shape index (κ1) is 15.0. The van der Waals surface area contributed by atoms with Crippen LogP contribution in [-0.2, 0) is 23.9 Å². The molecule has 1 saturated heterocycles. The van der Waals surface area contributed by atoms with E-state index >= 15 is 0 Å². The molecule has 5 heteroatoms. The Morgan fingerprint density at radius 2 is 1.95 bits per heavy atom. The van der Waals surface area contributed by atoms with Crippen LogP contribution in [0.5, 0.6) is 0 Å². The largest absolute Gasteiger partial charge is 0.458 e. The first-order valence-electron chi connectivity index (χ1n) is 7.21. The van der Waals surface area contributed by atoms with Crippen LogP contribution in [0.2, 0.25) is 0 Å². The van der Waals surface area contributed by atoms with E-state index in [1.54, 1.807) is 27.7 Å². The maximum Gasteiger partial charge on any atom is 0.316 e. The predicted octanol–water partition coefficient (Wildman–Crippen LogP) is 1.87. The zero-order valence-electron chi connectivity index (χ0n) is 12.5. The summed E-state index contributed by atoms with van der Waals surface area (Å²) in [5.41, 5.74) is -0.726. The molecule has 4 unspecified atom stereocenters. The topological polar surface area (TPSA) is 69.7 Å². The van der Waals surface area contributed by atoms with Crippen molar-refractivity contribution in [3.8, 4) is 0 Å². The van der Waals surface area contributed by atoms with E-state index in [4.69, 9.17) is 9.47 Å². The Balaban J connectivity index is 2.01. The van der Waals surface area contributed by atoms with E-state index in [9.17, 15) is 14.4 Å². The number of esters is 2. The summed E-state index contributed by atoms with van der Waals surface area (Å²) in [4.78, 5) is 35.5. The quantitative estimate of drug-likeness (QED) is 0.581. The van der Waals surface area contributed by atoms with Crippen molar-refractivity contribution in [1.82, 2.24) is 0 Å². The molecule has 1 saturated carbocycles.